The molecule has 0 spiro atoms. The minimum atomic E-state index is -0.572. The number of hydrogen-bond donors (Lipinski definition) is 0. The largest absolute Gasteiger partial charge is 0.459 e. The third-order valence-electron chi connectivity index (χ3n) is 7.16. The molecule has 5 rings (SSSR count). The van der Waals surface area contributed by atoms with Gasteiger partial charge in [-0.05, 0) is 87.4 Å². The Labute approximate surface area is 212 Å². The Bertz CT molecular complexity index is 1460. The Morgan fingerprint density at radius 3 is 2.56 bits per heavy atom. The summed E-state index contributed by atoms with van der Waals surface area (Å²) in [5.41, 5.74) is 6.11. The van der Waals surface area contributed by atoms with E-state index in [4.69, 9.17) is 9.72 Å². The summed E-state index contributed by atoms with van der Waals surface area (Å²) >= 11 is 0. The van der Waals surface area contributed by atoms with E-state index in [0.717, 1.165) is 28.6 Å². The molecule has 2 aromatic heterocycles. The number of carbonyl (C=O) groups is 2. The van der Waals surface area contributed by atoms with Crippen molar-refractivity contribution < 1.29 is 14.3 Å². The van der Waals surface area contributed by atoms with Gasteiger partial charge in [0.25, 0.3) is 0 Å². The molecule has 1 aliphatic rings. The molecule has 2 aromatic carbocycles. The molecule has 1 saturated carbocycles. The first kappa shape index (κ1) is 24.2. The van der Waals surface area contributed by atoms with E-state index in [1.54, 1.807) is 0 Å². The lowest BCUT2D eigenvalue weighted by atomic mass is 9.84. The average molecular weight is 483 g/mol. The lowest BCUT2D eigenvalue weighted by Gasteiger charge is -2.27. The van der Waals surface area contributed by atoms with Crippen molar-refractivity contribution in [2.75, 3.05) is 0 Å². The van der Waals surface area contributed by atoms with Gasteiger partial charge in [-0.2, -0.15) is 0 Å². The number of Topliss-reactive ketones (excluding diaryl/α,β-unsaturated/α-hetero) is 1. The second kappa shape index (κ2) is 9.20. The van der Waals surface area contributed by atoms with Gasteiger partial charge in [0.1, 0.15) is 17.0 Å². The summed E-state index contributed by atoms with van der Waals surface area (Å²) in [7, 11) is 0. The summed E-state index contributed by atoms with van der Waals surface area (Å²) in [6.07, 6.45) is 3.56. The number of ketones is 1. The summed E-state index contributed by atoms with van der Waals surface area (Å²) < 4.78 is 8.05. The second-order valence-electron chi connectivity index (χ2n) is 11.2. The molecule has 2 atom stereocenters. The predicted molar refractivity (Wildman–Crippen MR) is 143 cm³/mol. The quantitative estimate of drug-likeness (QED) is 0.299. The average Bonchev–Trinajstić information content (AvgIpc) is 3.35. The lowest BCUT2D eigenvalue weighted by Crippen LogP contribution is -2.30. The zero-order valence-corrected chi connectivity index (χ0v) is 21.8. The number of aromatic nitrogens is 2. The molecule has 0 saturated heterocycles. The molecular formula is C31H34N2O3. The van der Waals surface area contributed by atoms with Gasteiger partial charge in [-0.15, -0.1) is 0 Å². The number of hydrogen-bond acceptors (Lipinski definition) is 4. The Morgan fingerprint density at radius 1 is 1.14 bits per heavy atom. The van der Waals surface area contributed by atoms with E-state index in [2.05, 4.69) is 48.7 Å². The van der Waals surface area contributed by atoms with Crippen LogP contribution in [0.25, 0.3) is 21.9 Å². The first-order valence-corrected chi connectivity index (χ1v) is 12.8. The van der Waals surface area contributed by atoms with Gasteiger partial charge in [-0.1, -0.05) is 30.3 Å². The molecule has 1 fully saturated rings. The Balaban J connectivity index is 1.50. The minimum Gasteiger partial charge on any atom is -0.459 e. The molecule has 0 N–H and O–H groups in total. The maximum atomic E-state index is 13.2. The number of ether oxygens (including phenoxy) is 1. The Hall–Kier alpha value is -3.47. The van der Waals surface area contributed by atoms with Crippen LogP contribution in [0.3, 0.4) is 0 Å². The second-order valence-corrected chi connectivity index (χ2v) is 11.2. The highest BCUT2D eigenvalue weighted by molar-refractivity contribution is 6.08. The van der Waals surface area contributed by atoms with Gasteiger partial charge in [-0.3, -0.25) is 9.59 Å². The zero-order chi connectivity index (χ0) is 25.6. The van der Waals surface area contributed by atoms with Crippen LogP contribution in [0.15, 0.2) is 54.7 Å². The van der Waals surface area contributed by atoms with Gasteiger partial charge in [0, 0.05) is 36.4 Å². The van der Waals surface area contributed by atoms with Crippen molar-refractivity contribution in [1.82, 2.24) is 9.55 Å². The molecule has 0 bridgehead atoms. The molecule has 5 heteroatoms. The van der Waals surface area contributed by atoms with Crippen molar-refractivity contribution in [2.45, 2.75) is 71.9 Å². The van der Waals surface area contributed by atoms with Crippen LogP contribution in [-0.4, -0.2) is 26.9 Å². The van der Waals surface area contributed by atoms with Crippen molar-refractivity contribution in [1.29, 1.82) is 0 Å². The van der Waals surface area contributed by atoms with E-state index in [-0.39, 0.29) is 17.7 Å². The molecule has 0 amide bonds. The fraction of sp³-hybridized carbons (Fsp3) is 0.387. The summed E-state index contributed by atoms with van der Waals surface area (Å²) in [6.45, 7) is 10.6. The van der Waals surface area contributed by atoms with Crippen molar-refractivity contribution in [3.63, 3.8) is 0 Å². The van der Waals surface area contributed by atoms with Gasteiger partial charge in [0.2, 0.25) is 0 Å². The van der Waals surface area contributed by atoms with Crippen LogP contribution in [-0.2, 0) is 20.9 Å². The van der Waals surface area contributed by atoms with Gasteiger partial charge >= 0.3 is 5.97 Å². The van der Waals surface area contributed by atoms with Crippen molar-refractivity contribution in [3.05, 3.63) is 77.0 Å². The van der Waals surface area contributed by atoms with Crippen molar-refractivity contribution in [2.24, 2.45) is 5.92 Å². The summed E-state index contributed by atoms with van der Waals surface area (Å²) in [6, 6.07) is 16.8. The van der Waals surface area contributed by atoms with Gasteiger partial charge in [-0.25, -0.2) is 4.98 Å². The molecule has 36 heavy (non-hydrogen) atoms. The maximum Gasteiger partial charge on any atom is 0.314 e. The van der Waals surface area contributed by atoms with E-state index in [1.807, 2.05) is 45.2 Å². The highest BCUT2D eigenvalue weighted by Crippen LogP contribution is 2.38. The highest BCUT2D eigenvalue weighted by atomic mass is 16.6. The predicted octanol–water partition coefficient (Wildman–Crippen LogP) is 6.65. The molecule has 2 heterocycles. The molecular weight excluding hydrogens is 448 g/mol. The van der Waals surface area contributed by atoms with Gasteiger partial charge < -0.3 is 9.30 Å². The Morgan fingerprint density at radius 2 is 1.89 bits per heavy atom. The zero-order valence-electron chi connectivity index (χ0n) is 21.8. The van der Waals surface area contributed by atoms with Crippen molar-refractivity contribution in [3.8, 4) is 0 Å². The summed E-state index contributed by atoms with van der Waals surface area (Å²) in [5, 5.41) is 2.41. The van der Waals surface area contributed by atoms with E-state index in [0.29, 0.717) is 19.4 Å². The summed E-state index contributed by atoms with van der Waals surface area (Å²) in [4.78, 5) is 30.0. The van der Waals surface area contributed by atoms with Crippen LogP contribution in [0, 0.1) is 19.8 Å². The number of benzene rings is 2. The fourth-order valence-corrected chi connectivity index (χ4v) is 5.70. The van der Waals surface area contributed by atoms with Crippen LogP contribution in [0.5, 0.6) is 0 Å². The number of esters is 1. The third kappa shape index (κ3) is 4.67. The molecule has 2 unspecified atom stereocenters. The number of nitrogens with zero attached hydrogens (tertiary/aromatic N) is 2. The van der Waals surface area contributed by atoms with E-state index >= 15 is 0 Å². The van der Waals surface area contributed by atoms with Gasteiger partial charge in [0.05, 0.1) is 11.4 Å². The standard InChI is InChI=1S/C31H34N2O3/c1-19-15-20(2)27-25-7-6-14-32-29(25)33(26(27)16-19)18-21-8-10-22(11-9-21)28(23-12-13-24(34)17-23)30(35)36-31(3,4)5/h6-11,14-16,23,28H,12-13,17-18H2,1-5H3. The number of aryl methyl sites for hydroxylation is 2. The highest BCUT2D eigenvalue weighted by Gasteiger charge is 2.37. The first-order chi connectivity index (χ1) is 17.1. The van der Waals surface area contributed by atoms with Crippen LogP contribution in [0.1, 0.15) is 68.2 Å². The number of fused-ring (bicyclic) bond motifs is 3. The fourth-order valence-electron chi connectivity index (χ4n) is 5.70. The minimum absolute atomic E-state index is 0.00862. The molecule has 4 aromatic rings. The smallest absolute Gasteiger partial charge is 0.314 e. The normalized spacial score (nSPS) is 17.1. The van der Waals surface area contributed by atoms with E-state index in [9.17, 15) is 9.59 Å². The first-order valence-electron chi connectivity index (χ1n) is 12.8. The number of pyridine rings is 1. The van der Waals surface area contributed by atoms with Crippen LogP contribution >= 0.6 is 0 Å². The molecule has 5 nitrogen and oxygen atoms in total. The molecule has 0 radical (unpaired) electrons. The van der Waals surface area contributed by atoms with Crippen molar-refractivity contribution >= 4 is 33.7 Å². The van der Waals surface area contributed by atoms with Crippen LogP contribution in [0.4, 0.5) is 0 Å². The number of rotatable bonds is 5. The lowest BCUT2D eigenvalue weighted by molar-refractivity contribution is -0.158. The molecule has 1 aliphatic carbocycles. The van der Waals surface area contributed by atoms with Gasteiger partial charge in [0.15, 0.2) is 0 Å². The van der Waals surface area contributed by atoms with Crippen LogP contribution < -0.4 is 0 Å². The SMILES string of the molecule is Cc1cc(C)c2c3cccnc3n(Cc3ccc(C(C(=O)OC(C)(C)C)C4CCC(=O)C4)cc3)c2c1. The monoisotopic (exact) mass is 482 g/mol. The van der Waals surface area contributed by atoms with Crippen LogP contribution in [0.2, 0.25) is 0 Å². The summed E-state index contributed by atoms with van der Waals surface area (Å²) in [5.74, 6) is -0.447. The number of carbonyl (C=O) groups excluding carboxylic acids is 2. The molecule has 0 aliphatic heterocycles. The van der Waals surface area contributed by atoms with E-state index in [1.165, 1.54) is 22.0 Å². The molecule has 186 valence electrons. The maximum absolute atomic E-state index is 13.2. The Kier molecular flexibility index (Phi) is 6.19. The third-order valence-corrected chi connectivity index (χ3v) is 7.16. The topological polar surface area (TPSA) is 61.2 Å². The van der Waals surface area contributed by atoms with E-state index < -0.39 is 11.5 Å².